The molecule has 0 atom stereocenters. The standard InChI is InChI=1S/C23H16N4O3S/c1-26-22(29)16-10-9-14(12-17(16)23(26)30)24-21(28)19-13-18(20-8-5-11-31-20)25-27(19)15-6-3-2-4-7-15/h2-13H,1H3,(H,24,28). The summed E-state index contributed by atoms with van der Waals surface area (Å²) in [5, 5.41) is 9.42. The van der Waals surface area contributed by atoms with Gasteiger partial charge >= 0.3 is 0 Å². The van der Waals surface area contributed by atoms with Gasteiger partial charge in [-0.25, -0.2) is 4.68 Å². The number of benzene rings is 2. The number of para-hydroxylation sites is 1. The van der Waals surface area contributed by atoms with E-state index in [1.54, 1.807) is 34.2 Å². The van der Waals surface area contributed by atoms with Gasteiger partial charge in [0.05, 0.1) is 21.7 Å². The Labute approximate surface area is 181 Å². The van der Waals surface area contributed by atoms with Crippen molar-refractivity contribution < 1.29 is 14.4 Å². The van der Waals surface area contributed by atoms with E-state index in [0.717, 1.165) is 15.5 Å². The average Bonchev–Trinajstić information content (AvgIpc) is 3.51. The molecule has 31 heavy (non-hydrogen) atoms. The first kappa shape index (κ1) is 19.0. The number of imide groups is 1. The molecule has 4 aromatic rings. The number of carbonyl (C=O) groups excluding carboxylic acids is 3. The number of aromatic nitrogens is 2. The fraction of sp³-hybridized carbons (Fsp3) is 0.0435. The lowest BCUT2D eigenvalue weighted by Gasteiger charge is -2.09. The number of hydrogen-bond donors (Lipinski definition) is 1. The van der Waals surface area contributed by atoms with E-state index in [1.807, 2.05) is 47.8 Å². The maximum atomic E-state index is 13.2. The Kier molecular flexibility index (Phi) is 4.48. The smallest absolute Gasteiger partial charge is 0.274 e. The van der Waals surface area contributed by atoms with Crippen LogP contribution in [0.5, 0.6) is 0 Å². The second-order valence-corrected chi connectivity index (χ2v) is 7.97. The fourth-order valence-electron chi connectivity index (χ4n) is 3.49. The van der Waals surface area contributed by atoms with Crippen LogP contribution in [-0.2, 0) is 0 Å². The van der Waals surface area contributed by atoms with Gasteiger partial charge in [0.1, 0.15) is 11.4 Å². The lowest BCUT2D eigenvalue weighted by molar-refractivity contribution is 0.0692. The van der Waals surface area contributed by atoms with Gasteiger partial charge in [0.15, 0.2) is 0 Å². The van der Waals surface area contributed by atoms with E-state index in [4.69, 9.17) is 0 Å². The van der Waals surface area contributed by atoms with Crippen molar-refractivity contribution in [1.29, 1.82) is 0 Å². The van der Waals surface area contributed by atoms with E-state index in [2.05, 4.69) is 10.4 Å². The highest BCUT2D eigenvalue weighted by Crippen LogP contribution is 2.28. The first-order valence-corrected chi connectivity index (χ1v) is 10.4. The second kappa shape index (κ2) is 7.33. The molecule has 2 aromatic carbocycles. The quantitative estimate of drug-likeness (QED) is 0.497. The Morgan fingerprint density at radius 1 is 0.935 bits per heavy atom. The summed E-state index contributed by atoms with van der Waals surface area (Å²) in [5.74, 6) is -1.10. The zero-order valence-electron chi connectivity index (χ0n) is 16.4. The molecule has 152 valence electrons. The summed E-state index contributed by atoms with van der Waals surface area (Å²) in [6.07, 6.45) is 0. The number of rotatable bonds is 4. The van der Waals surface area contributed by atoms with Gasteiger partial charge in [-0.1, -0.05) is 24.3 Å². The van der Waals surface area contributed by atoms with Crippen LogP contribution in [0.2, 0.25) is 0 Å². The molecule has 5 rings (SSSR count). The molecule has 0 saturated carbocycles. The maximum absolute atomic E-state index is 13.2. The van der Waals surface area contributed by atoms with Crippen molar-refractivity contribution in [1.82, 2.24) is 14.7 Å². The molecule has 0 radical (unpaired) electrons. The normalized spacial score (nSPS) is 12.9. The molecule has 0 aliphatic carbocycles. The summed E-state index contributed by atoms with van der Waals surface area (Å²) in [7, 11) is 1.44. The second-order valence-electron chi connectivity index (χ2n) is 7.02. The highest BCUT2D eigenvalue weighted by atomic mass is 32.1. The number of anilines is 1. The van der Waals surface area contributed by atoms with Crippen LogP contribution in [0.25, 0.3) is 16.3 Å². The molecule has 0 saturated heterocycles. The lowest BCUT2D eigenvalue weighted by atomic mass is 10.1. The molecule has 0 unspecified atom stereocenters. The van der Waals surface area contributed by atoms with Gasteiger partial charge in [-0.15, -0.1) is 11.3 Å². The Morgan fingerprint density at radius 3 is 2.45 bits per heavy atom. The zero-order valence-corrected chi connectivity index (χ0v) is 17.2. The van der Waals surface area contributed by atoms with E-state index < -0.39 is 0 Å². The minimum absolute atomic E-state index is 0.279. The molecule has 7 nitrogen and oxygen atoms in total. The molecule has 3 amide bonds. The van der Waals surface area contributed by atoms with Crippen LogP contribution in [0.15, 0.2) is 72.1 Å². The predicted octanol–water partition coefficient (Wildman–Crippen LogP) is 4.08. The first-order valence-electron chi connectivity index (χ1n) is 9.50. The van der Waals surface area contributed by atoms with Crippen molar-refractivity contribution in [3.05, 3.63) is 88.9 Å². The summed E-state index contributed by atoms with van der Waals surface area (Å²) < 4.78 is 1.60. The third-order valence-electron chi connectivity index (χ3n) is 5.06. The van der Waals surface area contributed by atoms with Gasteiger partial charge in [0.2, 0.25) is 0 Å². The highest BCUT2D eigenvalue weighted by Gasteiger charge is 2.33. The van der Waals surface area contributed by atoms with Crippen LogP contribution in [0, 0.1) is 0 Å². The number of amides is 3. The first-order chi connectivity index (χ1) is 15.0. The largest absolute Gasteiger partial charge is 0.321 e. The number of nitrogens with one attached hydrogen (secondary N) is 1. The van der Waals surface area contributed by atoms with Gasteiger partial charge in [0, 0.05) is 12.7 Å². The van der Waals surface area contributed by atoms with E-state index >= 15 is 0 Å². The molecule has 3 heterocycles. The summed E-state index contributed by atoms with van der Waals surface area (Å²) in [5.41, 5.74) is 2.85. The van der Waals surface area contributed by atoms with Gasteiger partial charge in [0.25, 0.3) is 17.7 Å². The van der Waals surface area contributed by atoms with Crippen LogP contribution in [0.4, 0.5) is 5.69 Å². The van der Waals surface area contributed by atoms with Crippen LogP contribution >= 0.6 is 11.3 Å². The molecule has 0 fully saturated rings. The summed E-state index contributed by atoms with van der Waals surface area (Å²) >= 11 is 1.54. The highest BCUT2D eigenvalue weighted by molar-refractivity contribution is 7.13. The summed E-state index contributed by atoms with van der Waals surface area (Å²) in [6.45, 7) is 0. The fourth-order valence-corrected chi connectivity index (χ4v) is 4.17. The van der Waals surface area contributed by atoms with E-state index in [9.17, 15) is 14.4 Å². The average molecular weight is 428 g/mol. The molecule has 1 aliphatic rings. The molecular weight excluding hydrogens is 412 g/mol. The number of carbonyl (C=O) groups is 3. The van der Waals surface area contributed by atoms with Crippen molar-refractivity contribution in [2.24, 2.45) is 0 Å². The van der Waals surface area contributed by atoms with Crippen molar-refractivity contribution in [3.63, 3.8) is 0 Å². The third-order valence-corrected chi connectivity index (χ3v) is 5.96. The molecule has 8 heteroatoms. The minimum Gasteiger partial charge on any atom is -0.321 e. The van der Waals surface area contributed by atoms with E-state index in [-0.39, 0.29) is 23.3 Å². The topological polar surface area (TPSA) is 84.3 Å². The minimum atomic E-state index is -0.384. The molecule has 1 aliphatic heterocycles. The maximum Gasteiger partial charge on any atom is 0.274 e. The van der Waals surface area contributed by atoms with Crippen LogP contribution in [0.1, 0.15) is 31.2 Å². The Bertz CT molecular complexity index is 1330. The monoisotopic (exact) mass is 428 g/mol. The van der Waals surface area contributed by atoms with Crippen molar-refractivity contribution in [2.75, 3.05) is 12.4 Å². The Hall–Kier alpha value is -4.04. The van der Waals surface area contributed by atoms with E-state index in [0.29, 0.717) is 22.6 Å². The van der Waals surface area contributed by atoms with E-state index in [1.165, 1.54) is 13.1 Å². The van der Waals surface area contributed by atoms with Gasteiger partial charge < -0.3 is 5.32 Å². The van der Waals surface area contributed by atoms with Gasteiger partial charge in [-0.05, 0) is 47.8 Å². The van der Waals surface area contributed by atoms with Crippen LogP contribution in [0.3, 0.4) is 0 Å². The number of fused-ring (bicyclic) bond motifs is 1. The molecule has 0 bridgehead atoms. The summed E-state index contributed by atoms with van der Waals surface area (Å²) in [4.78, 5) is 39.5. The summed E-state index contributed by atoms with van der Waals surface area (Å²) in [6, 6.07) is 19.7. The van der Waals surface area contributed by atoms with Gasteiger partial charge in [-0.2, -0.15) is 5.10 Å². The van der Waals surface area contributed by atoms with Crippen molar-refractivity contribution in [3.8, 4) is 16.3 Å². The lowest BCUT2D eigenvalue weighted by Crippen LogP contribution is -2.24. The molecule has 2 aromatic heterocycles. The number of nitrogens with zero attached hydrogens (tertiary/aromatic N) is 3. The molecule has 0 spiro atoms. The third kappa shape index (κ3) is 3.23. The van der Waals surface area contributed by atoms with Gasteiger partial charge in [-0.3, -0.25) is 19.3 Å². The molecule has 1 N–H and O–H groups in total. The Balaban J connectivity index is 1.51. The van der Waals surface area contributed by atoms with Crippen molar-refractivity contribution >= 4 is 34.7 Å². The predicted molar refractivity (Wildman–Crippen MR) is 118 cm³/mol. The van der Waals surface area contributed by atoms with Crippen LogP contribution < -0.4 is 5.32 Å². The SMILES string of the molecule is CN1C(=O)c2ccc(NC(=O)c3cc(-c4cccs4)nn3-c3ccccc3)cc2C1=O. The van der Waals surface area contributed by atoms with Crippen LogP contribution in [-0.4, -0.2) is 39.4 Å². The zero-order chi connectivity index (χ0) is 21.5. The molecular formula is C23H16N4O3S. The number of hydrogen-bond acceptors (Lipinski definition) is 5. The van der Waals surface area contributed by atoms with Crippen molar-refractivity contribution in [2.45, 2.75) is 0 Å². The number of thiophene rings is 1. The Morgan fingerprint density at radius 2 is 1.71 bits per heavy atom.